The molecule has 1 aromatic rings. The number of benzene rings is 1. The molecule has 0 radical (unpaired) electrons. The number of hydrogen-bond donors (Lipinski definition) is 0. The van der Waals surface area contributed by atoms with E-state index in [4.69, 9.17) is 0 Å². The SMILES string of the molecule is CN=C(SC)N(C)c1ccc(F)cc1.I. The normalized spacial score (nSPS) is 10.8. The van der Waals surface area contributed by atoms with E-state index in [0.29, 0.717) is 0 Å². The highest BCUT2D eigenvalue weighted by Gasteiger charge is 2.06. The van der Waals surface area contributed by atoms with Gasteiger partial charge in [0.1, 0.15) is 5.82 Å². The highest BCUT2D eigenvalue weighted by molar-refractivity contribution is 14.0. The molecule has 0 atom stereocenters. The molecular formula is C10H14FIN2S. The van der Waals surface area contributed by atoms with Crippen molar-refractivity contribution in [3.05, 3.63) is 30.1 Å². The van der Waals surface area contributed by atoms with E-state index in [1.807, 2.05) is 18.2 Å². The molecule has 0 aliphatic heterocycles. The molecule has 15 heavy (non-hydrogen) atoms. The summed E-state index contributed by atoms with van der Waals surface area (Å²) >= 11 is 1.56. The van der Waals surface area contributed by atoms with Crippen LogP contribution in [-0.2, 0) is 0 Å². The number of hydrogen-bond acceptors (Lipinski definition) is 2. The number of halogens is 2. The average molecular weight is 340 g/mol. The van der Waals surface area contributed by atoms with Crippen LogP contribution in [0.3, 0.4) is 0 Å². The lowest BCUT2D eigenvalue weighted by Crippen LogP contribution is -2.22. The monoisotopic (exact) mass is 340 g/mol. The molecule has 0 heterocycles. The number of amidine groups is 1. The quantitative estimate of drug-likeness (QED) is 0.443. The number of nitrogens with zero attached hydrogens (tertiary/aromatic N) is 2. The first-order valence-corrected chi connectivity index (χ1v) is 5.41. The maximum absolute atomic E-state index is 12.7. The molecule has 0 saturated carbocycles. The second-order valence-electron chi connectivity index (χ2n) is 2.75. The van der Waals surface area contributed by atoms with Gasteiger partial charge in [-0.15, -0.1) is 24.0 Å². The second kappa shape index (κ2) is 7.05. The van der Waals surface area contributed by atoms with Crippen molar-refractivity contribution in [2.45, 2.75) is 0 Å². The van der Waals surface area contributed by atoms with Gasteiger partial charge in [-0.1, -0.05) is 11.8 Å². The highest BCUT2D eigenvalue weighted by atomic mass is 127. The molecule has 1 aromatic carbocycles. The molecule has 2 nitrogen and oxygen atoms in total. The standard InChI is InChI=1S/C10H13FN2S.HI/c1-12-10(14-3)13(2)9-6-4-8(11)5-7-9;/h4-7H,1-3H3;1H. The van der Waals surface area contributed by atoms with Crippen molar-refractivity contribution in [3.63, 3.8) is 0 Å². The summed E-state index contributed by atoms with van der Waals surface area (Å²) in [7, 11) is 3.65. The summed E-state index contributed by atoms with van der Waals surface area (Å²) in [6.45, 7) is 0. The summed E-state index contributed by atoms with van der Waals surface area (Å²) in [5.41, 5.74) is 0.932. The molecule has 0 aromatic heterocycles. The van der Waals surface area contributed by atoms with Crippen molar-refractivity contribution in [1.29, 1.82) is 0 Å². The van der Waals surface area contributed by atoms with E-state index in [0.717, 1.165) is 10.9 Å². The maximum atomic E-state index is 12.7. The zero-order valence-corrected chi connectivity index (χ0v) is 12.0. The van der Waals surface area contributed by atoms with Crippen LogP contribution in [0.25, 0.3) is 0 Å². The molecule has 1 rings (SSSR count). The van der Waals surface area contributed by atoms with Crippen LogP contribution >= 0.6 is 35.7 Å². The Labute approximate surface area is 111 Å². The Morgan fingerprint density at radius 3 is 2.27 bits per heavy atom. The van der Waals surface area contributed by atoms with Crippen molar-refractivity contribution in [2.24, 2.45) is 4.99 Å². The lowest BCUT2D eigenvalue weighted by Gasteiger charge is -2.19. The summed E-state index contributed by atoms with van der Waals surface area (Å²) in [5.74, 6) is -0.221. The van der Waals surface area contributed by atoms with Crippen molar-refractivity contribution in [1.82, 2.24) is 0 Å². The van der Waals surface area contributed by atoms with Gasteiger partial charge in [0.05, 0.1) is 0 Å². The number of aliphatic imine (C=N–C) groups is 1. The van der Waals surface area contributed by atoms with E-state index in [9.17, 15) is 4.39 Å². The molecule has 0 fully saturated rings. The zero-order valence-electron chi connectivity index (χ0n) is 8.90. The summed E-state index contributed by atoms with van der Waals surface area (Å²) in [6.07, 6.45) is 1.96. The summed E-state index contributed by atoms with van der Waals surface area (Å²) in [4.78, 5) is 6.04. The predicted octanol–water partition coefficient (Wildman–Crippen LogP) is 3.23. The van der Waals surface area contributed by atoms with Gasteiger partial charge in [-0.3, -0.25) is 4.99 Å². The van der Waals surface area contributed by atoms with Crippen molar-refractivity contribution in [3.8, 4) is 0 Å². The average Bonchev–Trinajstić information content (AvgIpc) is 2.20. The van der Waals surface area contributed by atoms with Crippen molar-refractivity contribution < 1.29 is 4.39 Å². The Hall–Kier alpha value is -0.300. The molecule has 0 spiro atoms. The van der Waals surface area contributed by atoms with Gasteiger partial charge >= 0.3 is 0 Å². The van der Waals surface area contributed by atoms with Crippen LogP contribution in [0, 0.1) is 5.82 Å². The number of anilines is 1. The van der Waals surface area contributed by atoms with Gasteiger partial charge < -0.3 is 4.90 Å². The molecule has 0 unspecified atom stereocenters. The van der Waals surface area contributed by atoms with E-state index in [-0.39, 0.29) is 29.8 Å². The Bertz CT molecular complexity index is 327. The highest BCUT2D eigenvalue weighted by Crippen LogP contribution is 2.16. The van der Waals surface area contributed by atoms with Crippen LogP contribution in [0.5, 0.6) is 0 Å². The third-order valence-corrected chi connectivity index (χ3v) is 2.70. The van der Waals surface area contributed by atoms with Crippen LogP contribution in [0.1, 0.15) is 0 Å². The first-order valence-electron chi connectivity index (χ1n) is 4.19. The van der Waals surface area contributed by atoms with Gasteiger partial charge in [0.2, 0.25) is 0 Å². The minimum Gasteiger partial charge on any atom is -0.324 e. The van der Waals surface area contributed by atoms with E-state index >= 15 is 0 Å². The van der Waals surface area contributed by atoms with Gasteiger partial charge in [0, 0.05) is 19.8 Å². The van der Waals surface area contributed by atoms with E-state index in [1.165, 1.54) is 12.1 Å². The Morgan fingerprint density at radius 1 is 1.33 bits per heavy atom. The van der Waals surface area contributed by atoms with Crippen LogP contribution in [0.2, 0.25) is 0 Å². The third kappa shape index (κ3) is 3.98. The Balaban J connectivity index is 0.00000196. The molecule has 0 amide bonds. The fraction of sp³-hybridized carbons (Fsp3) is 0.300. The first-order chi connectivity index (χ1) is 6.69. The maximum Gasteiger partial charge on any atom is 0.162 e. The van der Waals surface area contributed by atoms with Gasteiger partial charge in [-0.05, 0) is 30.5 Å². The molecule has 0 aliphatic carbocycles. The van der Waals surface area contributed by atoms with Gasteiger partial charge in [0.25, 0.3) is 0 Å². The largest absolute Gasteiger partial charge is 0.324 e. The molecule has 5 heteroatoms. The van der Waals surface area contributed by atoms with Crippen LogP contribution in [0.15, 0.2) is 29.3 Å². The topological polar surface area (TPSA) is 15.6 Å². The van der Waals surface area contributed by atoms with Gasteiger partial charge in [-0.2, -0.15) is 0 Å². The van der Waals surface area contributed by atoms with Crippen molar-refractivity contribution >= 4 is 46.6 Å². The van der Waals surface area contributed by atoms with E-state index < -0.39 is 0 Å². The molecular weight excluding hydrogens is 326 g/mol. The fourth-order valence-electron chi connectivity index (χ4n) is 1.15. The third-order valence-electron chi connectivity index (χ3n) is 1.87. The van der Waals surface area contributed by atoms with Crippen LogP contribution in [-0.4, -0.2) is 25.5 Å². The summed E-state index contributed by atoms with van der Waals surface area (Å²) in [6, 6.07) is 6.35. The molecule has 0 saturated heterocycles. The predicted molar refractivity (Wildman–Crippen MR) is 77.1 cm³/mol. The van der Waals surface area contributed by atoms with E-state index in [1.54, 1.807) is 30.9 Å². The zero-order chi connectivity index (χ0) is 10.6. The summed E-state index contributed by atoms with van der Waals surface area (Å²) < 4.78 is 12.7. The molecule has 84 valence electrons. The molecule has 0 bridgehead atoms. The number of rotatable bonds is 1. The smallest absolute Gasteiger partial charge is 0.162 e. The Morgan fingerprint density at radius 2 is 1.87 bits per heavy atom. The fourth-order valence-corrected chi connectivity index (χ4v) is 1.72. The van der Waals surface area contributed by atoms with Crippen molar-refractivity contribution in [2.75, 3.05) is 25.3 Å². The minimum atomic E-state index is -0.221. The first kappa shape index (κ1) is 14.7. The van der Waals surface area contributed by atoms with E-state index in [2.05, 4.69) is 4.99 Å². The number of thioether (sulfide) groups is 1. The van der Waals surface area contributed by atoms with Gasteiger partial charge in [0.15, 0.2) is 5.17 Å². The summed E-state index contributed by atoms with van der Waals surface area (Å²) in [5, 5.41) is 0.900. The van der Waals surface area contributed by atoms with Crippen LogP contribution < -0.4 is 4.90 Å². The van der Waals surface area contributed by atoms with Gasteiger partial charge in [-0.25, -0.2) is 4.39 Å². The molecule has 0 aliphatic rings. The molecule has 0 N–H and O–H groups in total. The lowest BCUT2D eigenvalue weighted by molar-refractivity contribution is 0.628. The lowest BCUT2D eigenvalue weighted by atomic mass is 10.3. The Kier molecular flexibility index (Phi) is 6.91. The second-order valence-corrected chi connectivity index (χ2v) is 3.52. The van der Waals surface area contributed by atoms with Crippen LogP contribution in [0.4, 0.5) is 10.1 Å². The minimum absolute atomic E-state index is 0.